The quantitative estimate of drug-likeness (QED) is 0.894. The van der Waals surface area contributed by atoms with Gasteiger partial charge in [-0.2, -0.15) is 0 Å². The van der Waals surface area contributed by atoms with E-state index in [9.17, 15) is 14.0 Å². The molecule has 7 heteroatoms. The second kappa shape index (κ2) is 5.44. The number of rotatable bonds is 4. The van der Waals surface area contributed by atoms with Crippen LogP contribution in [0.5, 0.6) is 0 Å². The van der Waals surface area contributed by atoms with Gasteiger partial charge in [-0.3, -0.25) is 4.79 Å². The van der Waals surface area contributed by atoms with E-state index in [-0.39, 0.29) is 16.8 Å². The third kappa shape index (κ3) is 3.57. The highest BCUT2D eigenvalue weighted by Gasteiger charge is 2.34. The van der Waals surface area contributed by atoms with Crippen LogP contribution in [0.2, 0.25) is 5.02 Å². The Bertz CT molecular complexity index is 520. The van der Waals surface area contributed by atoms with Gasteiger partial charge in [0.25, 0.3) is 0 Å². The van der Waals surface area contributed by atoms with Gasteiger partial charge in [0.05, 0.1) is 5.69 Å². The molecule has 0 bridgehead atoms. The van der Waals surface area contributed by atoms with Crippen molar-refractivity contribution in [3.05, 3.63) is 29.0 Å². The lowest BCUT2D eigenvalue weighted by molar-refractivity contribution is -0.137. The second-order valence-electron chi connectivity index (χ2n) is 4.31. The summed E-state index contributed by atoms with van der Waals surface area (Å²) in [6.07, 6.45) is 1.53. The fourth-order valence-electron chi connectivity index (χ4n) is 1.68. The number of hydrogen-bond acceptors (Lipinski definition) is 2. The van der Waals surface area contributed by atoms with E-state index in [2.05, 4.69) is 5.32 Å². The van der Waals surface area contributed by atoms with Crippen molar-refractivity contribution in [1.82, 2.24) is 4.90 Å². The first-order valence-electron chi connectivity index (χ1n) is 5.72. The van der Waals surface area contributed by atoms with Gasteiger partial charge in [-0.15, -0.1) is 0 Å². The third-order valence-electron chi connectivity index (χ3n) is 2.72. The van der Waals surface area contributed by atoms with Crippen LogP contribution in [-0.2, 0) is 4.79 Å². The number of benzene rings is 1. The minimum Gasteiger partial charge on any atom is -0.480 e. The van der Waals surface area contributed by atoms with Gasteiger partial charge in [-0.05, 0) is 31.0 Å². The van der Waals surface area contributed by atoms with E-state index >= 15 is 0 Å². The maximum absolute atomic E-state index is 13.5. The lowest BCUT2D eigenvalue weighted by atomic mass is 10.3. The molecule has 0 unspecified atom stereocenters. The van der Waals surface area contributed by atoms with Crippen LogP contribution in [0, 0.1) is 5.82 Å². The lowest BCUT2D eigenvalue weighted by Crippen LogP contribution is -2.40. The average molecular weight is 287 g/mol. The maximum Gasteiger partial charge on any atom is 0.323 e. The normalized spacial score (nSPS) is 14.0. The number of carbonyl (C=O) groups is 2. The monoisotopic (exact) mass is 286 g/mol. The van der Waals surface area contributed by atoms with Crippen molar-refractivity contribution in [1.29, 1.82) is 0 Å². The first-order valence-corrected chi connectivity index (χ1v) is 6.09. The first-order chi connectivity index (χ1) is 8.97. The number of urea groups is 1. The van der Waals surface area contributed by atoms with Crippen molar-refractivity contribution in [2.45, 2.75) is 18.9 Å². The smallest absolute Gasteiger partial charge is 0.323 e. The van der Waals surface area contributed by atoms with Crippen molar-refractivity contribution < 1.29 is 19.1 Å². The molecule has 0 spiro atoms. The molecule has 0 aromatic heterocycles. The number of amides is 2. The molecule has 1 fully saturated rings. The number of nitrogens with one attached hydrogen (secondary N) is 1. The van der Waals surface area contributed by atoms with E-state index < -0.39 is 24.4 Å². The van der Waals surface area contributed by atoms with Crippen LogP contribution in [0.1, 0.15) is 12.8 Å². The van der Waals surface area contributed by atoms with Crippen LogP contribution in [0.25, 0.3) is 0 Å². The van der Waals surface area contributed by atoms with Gasteiger partial charge in [0, 0.05) is 11.1 Å². The van der Waals surface area contributed by atoms with Crippen LogP contribution in [-0.4, -0.2) is 34.6 Å². The standard InChI is InChI=1S/C12H12ClFN2O3/c13-7-1-4-9(14)10(5-7)15-12(19)16(6-11(17)18)8-2-3-8/h1,4-5,8H,2-3,6H2,(H,15,19)(H,17,18). The SMILES string of the molecule is O=C(O)CN(C(=O)Nc1cc(Cl)ccc1F)C1CC1. The molecule has 1 saturated carbocycles. The molecule has 0 saturated heterocycles. The van der Waals surface area contributed by atoms with Crippen LogP contribution < -0.4 is 5.32 Å². The number of hydrogen-bond donors (Lipinski definition) is 2. The molecule has 1 aliphatic rings. The maximum atomic E-state index is 13.5. The number of carboxylic acid groups (broad SMARTS) is 1. The fourth-order valence-corrected chi connectivity index (χ4v) is 1.85. The molecular formula is C12H12ClFN2O3. The highest BCUT2D eigenvalue weighted by Crippen LogP contribution is 2.28. The highest BCUT2D eigenvalue weighted by atomic mass is 35.5. The fraction of sp³-hybridized carbons (Fsp3) is 0.333. The van der Waals surface area contributed by atoms with Crippen molar-refractivity contribution in [3.63, 3.8) is 0 Å². The number of carbonyl (C=O) groups excluding carboxylic acids is 1. The van der Waals surface area contributed by atoms with Gasteiger partial charge in [-0.25, -0.2) is 9.18 Å². The number of nitrogens with zero attached hydrogens (tertiary/aromatic N) is 1. The highest BCUT2D eigenvalue weighted by molar-refractivity contribution is 6.30. The molecule has 2 N–H and O–H groups in total. The summed E-state index contributed by atoms with van der Waals surface area (Å²) < 4.78 is 13.5. The summed E-state index contributed by atoms with van der Waals surface area (Å²) in [5, 5.41) is 11.4. The number of halogens is 2. The summed E-state index contributed by atoms with van der Waals surface area (Å²) in [6, 6.07) is 3.06. The molecule has 2 rings (SSSR count). The summed E-state index contributed by atoms with van der Waals surface area (Å²) >= 11 is 5.71. The minimum atomic E-state index is -1.10. The Hall–Kier alpha value is -1.82. The molecular weight excluding hydrogens is 275 g/mol. The lowest BCUT2D eigenvalue weighted by Gasteiger charge is -2.20. The molecule has 1 aromatic carbocycles. The Morgan fingerprint density at radius 2 is 2.16 bits per heavy atom. The van der Waals surface area contributed by atoms with Crippen LogP contribution in [0.15, 0.2) is 18.2 Å². The largest absolute Gasteiger partial charge is 0.480 e. The molecule has 19 heavy (non-hydrogen) atoms. The molecule has 0 heterocycles. The molecule has 2 amide bonds. The minimum absolute atomic E-state index is 0.0615. The molecule has 5 nitrogen and oxygen atoms in total. The van der Waals surface area contributed by atoms with Gasteiger partial charge >= 0.3 is 12.0 Å². The Morgan fingerprint density at radius 3 is 2.74 bits per heavy atom. The third-order valence-corrected chi connectivity index (χ3v) is 2.96. The summed E-state index contributed by atoms with van der Waals surface area (Å²) in [5.74, 6) is -1.72. The van der Waals surface area contributed by atoms with Crippen molar-refractivity contribution in [3.8, 4) is 0 Å². The molecule has 0 radical (unpaired) electrons. The van der Waals surface area contributed by atoms with E-state index in [1.807, 2.05) is 0 Å². The van der Waals surface area contributed by atoms with Crippen LogP contribution in [0.3, 0.4) is 0 Å². The number of carboxylic acids is 1. The predicted octanol–water partition coefficient (Wildman–Crippen LogP) is 2.56. The van der Waals surface area contributed by atoms with E-state index in [0.29, 0.717) is 0 Å². The van der Waals surface area contributed by atoms with Gasteiger partial charge in [0.1, 0.15) is 12.4 Å². The van der Waals surface area contributed by atoms with Crippen LogP contribution in [0.4, 0.5) is 14.9 Å². The number of anilines is 1. The molecule has 0 aliphatic heterocycles. The van der Waals surface area contributed by atoms with Gasteiger partial charge < -0.3 is 15.3 Å². The summed E-state index contributed by atoms with van der Waals surface area (Å²) in [6.45, 7) is -0.404. The summed E-state index contributed by atoms with van der Waals surface area (Å²) in [7, 11) is 0. The van der Waals surface area contributed by atoms with Gasteiger partial charge in [0.2, 0.25) is 0 Å². The van der Waals surface area contributed by atoms with Crippen molar-refractivity contribution >= 4 is 29.3 Å². The zero-order valence-corrected chi connectivity index (χ0v) is 10.7. The Labute approximate surface area is 114 Å². The zero-order valence-electron chi connectivity index (χ0n) is 9.90. The second-order valence-corrected chi connectivity index (χ2v) is 4.74. The van der Waals surface area contributed by atoms with E-state index in [1.54, 1.807) is 0 Å². The predicted molar refractivity (Wildman–Crippen MR) is 67.8 cm³/mol. The first kappa shape index (κ1) is 13.6. The molecule has 1 aromatic rings. The zero-order chi connectivity index (χ0) is 14.0. The van der Waals surface area contributed by atoms with Gasteiger partial charge in [0.15, 0.2) is 0 Å². The Morgan fingerprint density at radius 1 is 1.47 bits per heavy atom. The molecule has 0 atom stereocenters. The molecule has 1 aliphatic carbocycles. The summed E-state index contributed by atoms with van der Waals surface area (Å²) in [5.41, 5.74) is -0.0615. The number of aliphatic carboxylic acids is 1. The van der Waals surface area contributed by atoms with E-state index in [4.69, 9.17) is 16.7 Å². The van der Waals surface area contributed by atoms with E-state index in [0.717, 1.165) is 18.9 Å². The Balaban J connectivity index is 2.10. The molecule has 102 valence electrons. The average Bonchev–Trinajstić information content (AvgIpc) is 3.14. The van der Waals surface area contributed by atoms with Gasteiger partial charge in [-0.1, -0.05) is 11.6 Å². The topological polar surface area (TPSA) is 69.6 Å². The van der Waals surface area contributed by atoms with E-state index in [1.165, 1.54) is 17.0 Å². The van der Waals surface area contributed by atoms with Crippen LogP contribution >= 0.6 is 11.6 Å². The van der Waals surface area contributed by atoms with Crippen molar-refractivity contribution in [2.75, 3.05) is 11.9 Å². The Kier molecular flexibility index (Phi) is 3.90. The van der Waals surface area contributed by atoms with Crippen molar-refractivity contribution in [2.24, 2.45) is 0 Å². The summed E-state index contributed by atoms with van der Waals surface area (Å²) in [4.78, 5) is 23.8.